The first-order chi connectivity index (χ1) is 20.2. The molecule has 1 N–H and O–H groups in total. The molecular weight excluding hydrogens is 571 g/mol. The summed E-state index contributed by atoms with van der Waals surface area (Å²) in [5.74, 6) is -0.417. The third-order valence-electron chi connectivity index (χ3n) is 6.84. The van der Waals surface area contributed by atoms with Gasteiger partial charge in [-0.2, -0.15) is 0 Å². The molecule has 0 saturated heterocycles. The van der Waals surface area contributed by atoms with Crippen molar-refractivity contribution in [2.45, 2.75) is 55.9 Å². The molecule has 10 heteroatoms. The number of carbonyl (C=O) groups excluding carboxylic acids is 2. The lowest BCUT2D eigenvalue weighted by atomic mass is 10.1. The van der Waals surface area contributed by atoms with Gasteiger partial charge in [-0.3, -0.25) is 13.9 Å². The highest BCUT2D eigenvalue weighted by atomic mass is 32.2. The van der Waals surface area contributed by atoms with Crippen molar-refractivity contribution < 1.29 is 22.7 Å². The fraction of sp³-hybridized carbons (Fsp3) is 0.375. The van der Waals surface area contributed by atoms with Gasteiger partial charge in [0.1, 0.15) is 18.3 Å². The van der Waals surface area contributed by atoms with Gasteiger partial charge in [0.15, 0.2) is 0 Å². The van der Waals surface area contributed by atoms with Gasteiger partial charge in [-0.15, -0.1) is 11.8 Å². The highest BCUT2D eigenvalue weighted by Gasteiger charge is 2.33. The number of thioether (sulfide) groups is 1. The summed E-state index contributed by atoms with van der Waals surface area (Å²) in [5, 5.41) is 2.91. The van der Waals surface area contributed by atoms with Crippen LogP contribution in [-0.4, -0.2) is 63.7 Å². The Bertz CT molecular complexity index is 1400. The highest BCUT2D eigenvalue weighted by Crippen LogP contribution is 2.33. The zero-order valence-corrected chi connectivity index (χ0v) is 26.4. The van der Waals surface area contributed by atoms with Crippen LogP contribution in [0.2, 0.25) is 0 Å². The summed E-state index contributed by atoms with van der Waals surface area (Å²) in [7, 11) is -4.18. The van der Waals surface area contributed by atoms with Crippen LogP contribution in [0.4, 0.5) is 5.69 Å². The van der Waals surface area contributed by atoms with Crippen molar-refractivity contribution in [1.82, 2.24) is 10.2 Å². The highest BCUT2D eigenvalue weighted by molar-refractivity contribution is 7.98. The quantitative estimate of drug-likeness (QED) is 0.173. The lowest BCUT2D eigenvalue weighted by Crippen LogP contribution is -2.52. The molecule has 0 radical (unpaired) electrons. The van der Waals surface area contributed by atoms with Crippen LogP contribution in [0, 0.1) is 0 Å². The Morgan fingerprint density at radius 2 is 1.62 bits per heavy atom. The molecule has 0 aliphatic heterocycles. The van der Waals surface area contributed by atoms with Gasteiger partial charge >= 0.3 is 0 Å². The monoisotopic (exact) mass is 611 g/mol. The molecule has 8 nitrogen and oxygen atoms in total. The number of nitrogens with zero attached hydrogens (tertiary/aromatic N) is 2. The van der Waals surface area contributed by atoms with Crippen LogP contribution in [0.25, 0.3) is 0 Å². The maximum atomic E-state index is 14.1. The van der Waals surface area contributed by atoms with Gasteiger partial charge in [0, 0.05) is 18.0 Å². The van der Waals surface area contributed by atoms with Crippen molar-refractivity contribution >= 4 is 39.3 Å². The van der Waals surface area contributed by atoms with Gasteiger partial charge in [-0.1, -0.05) is 55.8 Å². The van der Waals surface area contributed by atoms with E-state index in [2.05, 4.69) is 5.32 Å². The van der Waals surface area contributed by atoms with Crippen molar-refractivity contribution in [3.8, 4) is 5.75 Å². The first-order valence-electron chi connectivity index (χ1n) is 14.2. The average Bonchev–Trinajstić information content (AvgIpc) is 3.01. The lowest BCUT2D eigenvalue weighted by molar-refractivity contribution is -0.138. The van der Waals surface area contributed by atoms with E-state index in [0.717, 1.165) is 27.6 Å². The minimum Gasteiger partial charge on any atom is -0.492 e. The zero-order valence-electron chi connectivity index (χ0n) is 24.8. The number of nitrogens with one attached hydrogen (secondary N) is 1. The van der Waals surface area contributed by atoms with Crippen LogP contribution in [0.1, 0.15) is 39.2 Å². The predicted molar refractivity (Wildman–Crippen MR) is 170 cm³/mol. The van der Waals surface area contributed by atoms with Gasteiger partial charge < -0.3 is 15.0 Å². The number of anilines is 1. The predicted octanol–water partition coefficient (Wildman–Crippen LogP) is 5.38. The normalized spacial score (nSPS) is 11.9. The molecule has 3 aromatic carbocycles. The van der Waals surface area contributed by atoms with Gasteiger partial charge in [-0.05, 0) is 74.9 Å². The molecule has 42 heavy (non-hydrogen) atoms. The first kappa shape index (κ1) is 33.0. The topological polar surface area (TPSA) is 96.0 Å². The molecular formula is C32H41N3O5S2. The van der Waals surface area contributed by atoms with E-state index in [1.165, 1.54) is 16.7 Å². The Morgan fingerprint density at radius 1 is 0.952 bits per heavy atom. The van der Waals surface area contributed by atoms with Crippen molar-refractivity contribution in [2.75, 3.05) is 36.8 Å². The van der Waals surface area contributed by atoms with E-state index < -0.39 is 28.5 Å². The maximum absolute atomic E-state index is 14.1. The van der Waals surface area contributed by atoms with Crippen LogP contribution in [-0.2, 0) is 26.0 Å². The fourth-order valence-electron chi connectivity index (χ4n) is 4.44. The Labute approximate surface area is 254 Å². The third-order valence-corrected chi connectivity index (χ3v) is 9.36. The summed E-state index contributed by atoms with van der Waals surface area (Å²) in [4.78, 5) is 29.6. The fourth-order valence-corrected chi connectivity index (χ4v) is 6.27. The van der Waals surface area contributed by atoms with E-state index in [9.17, 15) is 18.0 Å². The van der Waals surface area contributed by atoms with Gasteiger partial charge in [0.2, 0.25) is 11.8 Å². The number of carbonyl (C=O) groups is 2. The number of amides is 2. The maximum Gasteiger partial charge on any atom is 0.264 e. The number of para-hydroxylation sites is 2. The van der Waals surface area contributed by atoms with Crippen LogP contribution in [0.15, 0.2) is 88.7 Å². The molecule has 0 unspecified atom stereocenters. The minimum absolute atomic E-state index is 0.0561. The number of ether oxygens (including phenoxy) is 1. The van der Waals surface area contributed by atoms with Crippen molar-refractivity contribution in [1.29, 1.82) is 0 Å². The van der Waals surface area contributed by atoms with E-state index in [0.29, 0.717) is 25.3 Å². The third kappa shape index (κ3) is 8.75. The molecule has 0 bridgehead atoms. The van der Waals surface area contributed by atoms with E-state index >= 15 is 0 Å². The number of unbranched alkanes of at least 4 members (excludes halogenated alkanes) is 1. The second kappa shape index (κ2) is 16.2. The van der Waals surface area contributed by atoms with E-state index in [4.69, 9.17) is 4.74 Å². The summed E-state index contributed by atoms with van der Waals surface area (Å²) >= 11 is 1.51. The standard InChI is InChI=1S/C32H41N3O5S2/c1-5-7-22-33-32(37)25(3)34(23-21-26-13-9-8-10-14-26)31(36)24-35(29-15-11-12-16-30(29)40-6-2)42(38,39)28-19-17-27(41-4)18-20-28/h8-20,25H,5-7,21-24H2,1-4H3,(H,33,37)/t25-/m0/s1. The van der Waals surface area contributed by atoms with E-state index in [-0.39, 0.29) is 23.0 Å². The lowest BCUT2D eigenvalue weighted by Gasteiger charge is -2.32. The molecule has 226 valence electrons. The molecule has 2 amide bonds. The molecule has 0 aliphatic rings. The number of sulfonamides is 1. The van der Waals surface area contributed by atoms with Crippen molar-refractivity contribution in [2.24, 2.45) is 0 Å². The summed E-state index contributed by atoms with van der Waals surface area (Å²) in [6.45, 7) is 6.10. The van der Waals surface area contributed by atoms with Crippen molar-refractivity contribution in [3.63, 3.8) is 0 Å². The summed E-state index contributed by atoms with van der Waals surface area (Å²) in [6, 6.07) is 22.2. The number of rotatable bonds is 16. The molecule has 0 saturated carbocycles. The van der Waals surface area contributed by atoms with Crippen LogP contribution >= 0.6 is 11.8 Å². The number of benzene rings is 3. The van der Waals surface area contributed by atoms with Crippen molar-refractivity contribution in [3.05, 3.63) is 84.4 Å². The van der Waals surface area contributed by atoms with E-state index in [1.54, 1.807) is 55.5 Å². The van der Waals surface area contributed by atoms with Crippen LogP contribution in [0.3, 0.4) is 0 Å². The second-order valence-corrected chi connectivity index (χ2v) is 12.5. The van der Waals surface area contributed by atoms with Gasteiger partial charge in [-0.25, -0.2) is 8.42 Å². The molecule has 0 fully saturated rings. The SMILES string of the molecule is CCCCNC(=O)[C@H](C)N(CCc1ccccc1)C(=O)CN(c1ccccc1OCC)S(=O)(=O)c1ccc(SC)cc1. The van der Waals surface area contributed by atoms with Gasteiger partial charge in [0.05, 0.1) is 17.2 Å². The molecule has 0 spiro atoms. The van der Waals surface area contributed by atoms with Crippen LogP contribution < -0.4 is 14.4 Å². The smallest absolute Gasteiger partial charge is 0.264 e. The zero-order chi connectivity index (χ0) is 30.5. The molecule has 1 atom stereocenters. The minimum atomic E-state index is -4.18. The van der Waals surface area contributed by atoms with E-state index in [1.807, 2.05) is 50.4 Å². The average molecular weight is 612 g/mol. The Hall–Kier alpha value is -3.50. The largest absolute Gasteiger partial charge is 0.492 e. The molecule has 3 rings (SSSR count). The van der Waals surface area contributed by atoms with Crippen LogP contribution in [0.5, 0.6) is 5.75 Å². The summed E-state index contributed by atoms with van der Waals surface area (Å²) in [5.41, 5.74) is 1.26. The molecule has 0 heterocycles. The Morgan fingerprint density at radius 3 is 2.26 bits per heavy atom. The molecule has 0 aliphatic carbocycles. The summed E-state index contributed by atoms with van der Waals surface area (Å²) < 4.78 is 35.1. The molecule has 3 aromatic rings. The Balaban J connectivity index is 2.01. The number of hydrogen-bond acceptors (Lipinski definition) is 6. The Kier molecular flexibility index (Phi) is 12.7. The molecule has 0 aromatic heterocycles. The van der Waals surface area contributed by atoms with Gasteiger partial charge in [0.25, 0.3) is 10.0 Å². The first-order valence-corrected chi connectivity index (χ1v) is 16.9. The summed E-state index contributed by atoms with van der Waals surface area (Å²) in [6.07, 6.45) is 4.18. The second-order valence-electron chi connectivity index (χ2n) is 9.73. The number of hydrogen-bond donors (Lipinski definition) is 1.